The van der Waals surface area contributed by atoms with Crippen molar-refractivity contribution in [3.63, 3.8) is 0 Å². The smallest absolute Gasteiger partial charge is 0.264 e. The summed E-state index contributed by atoms with van der Waals surface area (Å²) in [4.78, 5) is 21.8. The van der Waals surface area contributed by atoms with Gasteiger partial charge in [0.2, 0.25) is 0 Å². The van der Waals surface area contributed by atoms with E-state index in [-0.39, 0.29) is 11.9 Å². The van der Waals surface area contributed by atoms with Crippen molar-refractivity contribution in [2.24, 2.45) is 0 Å². The van der Waals surface area contributed by atoms with Gasteiger partial charge in [-0.1, -0.05) is 11.6 Å². The predicted octanol–water partition coefficient (Wildman–Crippen LogP) is 5.53. The van der Waals surface area contributed by atoms with E-state index >= 15 is 0 Å². The second-order valence-corrected chi connectivity index (χ2v) is 9.05. The van der Waals surface area contributed by atoms with Crippen molar-refractivity contribution < 1.29 is 14.3 Å². The summed E-state index contributed by atoms with van der Waals surface area (Å²) in [5.74, 6) is 1.47. The highest BCUT2D eigenvalue weighted by molar-refractivity contribution is 7.20. The van der Waals surface area contributed by atoms with Crippen LogP contribution in [0.2, 0.25) is 0 Å². The van der Waals surface area contributed by atoms with Crippen LogP contribution in [0.4, 0.5) is 0 Å². The van der Waals surface area contributed by atoms with Gasteiger partial charge in [0.25, 0.3) is 5.91 Å². The molecule has 0 radical (unpaired) electrons. The molecule has 158 valence electrons. The molecule has 1 aliphatic rings. The first-order valence-electron chi connectivity index (χ1n) is 10.3. The third-order valence-corrected chi connectivity index (χ3v) is 7.15. The average Bonchev–Trinajstić information content (AvgIpc) is 3.19. The Morgan fingerprint density at radius 1 is 1.06 bits per heavy atom. The Kier molecular flexibility index (Phi) is 4.82. The molecule has 5 nitrogen and oxygen atoms in total. The lowest BCUT2D eigenvalue weighted by atomic mass is 9.92. The number of hydrogen-bond acceptors (Lipinski definition) is 5. The van der Waals surface area contributed by atoms with E-state index < -0.39 is 0 Å². The number of carbonyl (C=O) groups is 1. The van der Waals surface area contributed by atoms with Crippen LogP contribution in [0.15, 0.2) is 42.5 Å². The SMILES string of the molecule is COc1cc2c(cc1OC)[C@H](C)N(C(=O)c1cc3cc4cc(C)ccc4nc3s1)CC2. The quantitative estimate of drug-likeness (QED) is 0.427. The Balaban J connectivity index is 1.50. The van der Waals surface area contributed by atoms with Gasteiger partial charge < -0.3 is 14.4 Å². The third kappa shape index (κ3) is 3.31. The second kappa shape index (κ2) is 7.54. The molecule has 0 unspecified atom stereocenters. The van der Waals surface area contributed by atoms with Crippen LogP contribution in [-0.4, -0.2) is 36.6 Å². The number of amides is 1. The first-order chi connectivity index (χ1) is 15.0. The second-order valence-electron chi connectivity index (χ2n) is 8.02. The van der Waals surface area contributed by atoms with Crippen molar-refractivity contribution >= 4 is 38.4 Å². The standard InChI is InChI=1S/C25H24N2O3S/c1-14-5-6-20-17(9-14)10-18-12-23(31-24(18)26-20)25(28)27-8-7-16-11-21(29-3)22(30-4)13-19(16)15(27)2/h5-6,9-13,15H,7-8H2,1-4H3/t15-/m0/s1. The molecule has 0 fully saturated rings. The summed E-state index contributed by atoms with van der Waals surface area (Å²) in [6, 6.07) is 14.3. The van der Waals surface area contributed by atoms with Gasteiger partial charge in [-0.25, -0.2) is 4.98 Å². The number of rotatable bonds is 3. The van der Waals surface area contributed by atoms with Gasteiger partial charge in [-0.05, 0) is 67.8 Å². The highest BCUT2D eigenvalue weighted by Crippen LogP contribution is 2.39. The monoisotopic (exact) mass is 432 g/mol. The summed E-state index contributed by atoms with van der Waals surface area (Å²) in [6.45, 7) is 4.82. The van der Waals surface area contributed by atoms with Gasteiger partial charge in [0.1, 0.15) is 4.83 Å². The number of fused-ring (bicyclic) bond motifs is 3. The van der Waals surface area contributed by atoms with Crippen molar-refractivity contribution in [1.82, 2.24) is 9.88 Å². The normalized spacial score (nSPS) is 15.9. The molecule has 5 rings (SSSR count). The summed E-state index contributed by atoms with van der Waals surface area (Å²) >= 11 is 1.47. The van der Waals surface area contributed by atoms with E-state index in [2.05, 4.69) is 32.0 Å². The summed E-state index contributed by atoms with van der Waals surface area (Å²) in [6.07, 6.45) is 0.790. The lowest BCUT2D eigenvalue weighted by molar-refractivity contribution is 0.0682. The van der Waals surface area contributed by atoms with Gasteiger partial charge >= 0.3 is 0 Å². The van der Waals surface area contributed by atoms with Gasteiger partial charge in [-0.2, -0.15) is 0 Å². The third-order valence-electron chi connectivity index (χ3n) is 6.11. The molecule has 0 N–H and O–H groups in total. The molecule has 31 heavy (non-hydrogen) atoms. The predicted molar refractivity (Wildman–Crippen MR) is 125 cm³/mol. The first kappa shape index (κ1) is 19.8. The van der Waals surface area contributed by atoms with Crippen LogP contribution in [-0.2, 0) is 6.42 Å². The Labute approximate surface area is 185 Å². The van der Waals surface area contributed by atoms with Crippen molar-refractivity contribution in [2.45, 2.75) is 26.3 Å². The Morgan fingerprint density at radius 2 is 1.84 bits per heavy atom. The molecule has 1 amide bonds. The largest absolute Gasteiger partial charge is 0.493 e. The molecular formula is C25H24N2O3S. The number of ether oxygens (including phenoxy) is 2. The number of hydrogen-bond donors (Lipinski definition) is 0. The molecule has 0 bridgehead atoms. The van der Waals surface area contributed by atoms with Crippen molar-refractivity contribution in [1.29, 1.82) is 0 Å². The summed E-state index contributed by atoms with van der Waals surface area (Å²) in [7, 11) is 3.28. The van der Waals surface area contributed by atoms with Crippen LogP contribution in [0.25, 0.3) is 21.1 Å². The number of aromatic nitrogens is 1. The number of pyridine rings is 1. The van der Waals surface area contributed by atoms with Gasteiger partial charge in [0.15, 0.2) is 11.5 Å². The maximum absolute atomic E-state index is 13.5. The van der Waals surface area contributed by atoms with Gasteiger partial charge in [-0.3, -0.25) is 4.79 Å². The van der Waals surface area contributed by atoms with Crippen molar-refractivity contribution in [2.75, 3.05) is 20.8 Å². The molecule has 2 aromatic carbocycles. The molecule has 1 atom stereocenters. The fraction of sp³-hybridized carbons (Fsp3) is 0.280. The first-order valence-corrected chi connectivity index (χ1v) is 11.2. The maximum Gasteiger partial charge on any atom is 0.264 e. The number of nitrogens with zero attached hydrogens (tertiary/aromatic N) is 2. The fourth-order valence-electron chi connectivity index (χ4n) is 4.42. The van der Waals surface area contributed by atoms with Crippen LogP contribution >= 0.6 is 11.3 Å². The van der Waals surface area contributed by atoms with Gasteiger partial charge in [0.05, 0.1) is 30.7 Å². The van der Waals surface area contributed by atoms with Crippen LogP contribution in [0.3, 0.4) is 0 Å². The summed E-state index contributed by atoms with van der Waals surface area (Å²) in [5.41, 5.74) is 4.47. The van der Waals surface area contributed by atoms with E-state index in [1.165, 1.54) is 22.5 Å². The van der Waals surface area contributed by atoms with E-state index in [4.69, 9.17) is 14.5 Å². The molecule has 0 saturated heterocycles. The molecule has 4 aromatic rings. The number of carbonyl (C=O) groups excluding carboxylic acids is 1. The van der Waals surface area contributed by atoms with Crippen LogP contribution < -0.4 is 9.47 Å². The van der Waals surface area contributed by atoms with Crippen LogP contribution in [0.1, 0.15) is 39.3 Å². The molecule has 0 spiro atoms. The Morgan fingerprint density at radius 3 is 2.61 bits per heavy atom. The lowest BCUT2D eigenvalue weighted by Crippen LogP contribution is -2.38. The average molecular weight is 433 g/mol. The maximum atomic E-state index is 13.5. The number of aryl methyl sites for hydroxylation is 1. The zero-order chi connectivity index (χ0) is 21.7. The van der Waals surface area contributed by atoms with Crippen LogP contribution in [0, 0.1) is 6.92 Å². The molecule has 3 heterocycles. The number of benzene rings is 2. The van der Waals surface area contributed by atoms with E-state index in [0.717, 1.165) is 43.7 Å². The molecule has 0 saturated carbocycles. The molecule has 2 aromatic heterocycles. The zero-order valence-corrected chi connectivity index (χ0v) is 18.9. The van der Waals surface area contributed by atoms with Crippen molar-refractivity contribution in [3.05, 3.63) is 64.0 Å². The van der Waals surface area contributed by atoms with Gasteiger partial charge in [0, 0.05) is 17.3 Å². The van der Waals surface area contributed by atoms with Crippen molar-refractivity contribution in [3.8, 4) is 11.5 Å². The fourth-order valence-corrected chi connectivity index (χ4v) is 5.40. The minimum atomic E-state index is -0.0454. The van der Waals surface area contributed by atoms with E-state index in [9.17, 15) is 4.79 Å². The van der Waals surface area contributed by atoms with Gasteiger partial charge in [-0.15, -0.1) is 11.3 Å². The number of methoxy groups -OCH3 is 2. The Hall–Kier alpha value is -3.12. The van der Waals surface area contributed by atoms with E-state index in [1.807, 2.05) is 29.2 Å². The minimum absolute atomic E-state index is 0.0454. The lowest BCUT2D eigenvalue weighted by Gasteiger charge is -2.35. The number of thiophene rings is 1. The molecule has 6 heteroatoms. The summed E-state index contributed by atoms with van der Waals surface area (Å²) < 4.78 is 10.9. The highest BCUT2D eigenvalue weighted by atomic mass is 32.1. The summed E-state index contributed by atoms with van der Waals surface area (Å²) in [5, 5.41) is 2.12. The highest BCUT2D eigenvalue weighted by Gasteiger charge is 2.30. The van der Waals surface area contributed by atoms with E-state index in [1.54, 1.807) is 14.2 Å². The van der Waals surface area contributed by atoms with Crippen LogP contribution in [0.5, 0.6) is 11.5 Å². The Bertz CT molecular complexity index is 1330. The zero-order valence-electron chi connectivity index (χ0n) is 18.1. The molecule has 1 aliphatic heterocycles. The minimum Gasteiger partial charge on any atom is -0.493 e. The molecule has 0 aliphatic carbocycles. The molecular weight excluding hydrogens is 408 g/mol. The topological polar surface area (TPSA) is 51.7 Å². The van der Waals surface area contributed by atoms with E-state index in [0.29, 0.717) is 12.3 Å².